The van der Waals surface area contributed by atoms with Gasteiger partial charge in [0.2, 0.25) is 0 Å². The molecule has 0 fully saturated rings. The number of nitrogens with zero attached hydrogens (tertiary/aromatic N) is 2. The number of aliphatic imine (C=N–C) groups is 1. The van der Waals surface area contributed by atoms with E-state index in [1.54, 1.807) is 12.6 Å². The third-order valence-corrected chi connectivity index (χ3v) is 3.73. The number of aryl methyl sites for hydroxylation is 1. The molecule has 0 unspecified atom stereocenters. The Hall–Kier alpha value is -1.78. The number of aromatic nitrogens is 2. The number of H-pyrrole nitrogens is 1. The molecular formula is C15H25N5. The molecule has 0 aromatic carbocycles. The lowest BCUT2D eigenvalue weighted by Gasteiger charge is -2.15. The maximum atomic E-state index is 4.24. The molecule has 0 saturated carbocycles. The van der Waals surface area contributed by atoms with Gasteiger partial charge < -0.3 is 10.6 Å². The summed E-state index contributed by atoms with van der Waals surface area (Å²) < 4.78 is 0. The van der Waals surface area contributed by atoms with Crippen molar-refractivity contribution in [3.63, 3.8) is 0 Å². The summed E-state index contributed by atoms with van der Waals surface area (Å²) in [5, 5.41) is 13.6. The lowest BCUT2D eigenvalue weighted by atomic mass is 9.97. The van der Waals surface area contributed by atoms with Gasteiger partial charge in [-0.2, -0.15) is 5.10 Å². The highest BCUT2D eigenvalue weighted by Gasteiger charge is 2.05. The first-order valence-electron chi connectivity index (χ1n) is 7.41. The van der Waals surface area contributed by atoms with Gasteiger partial charge in [0.15, 0.2) is 5.96 Å². The SMILES string of the molecule is CN=C(NCCC1=CCCCC1)NCc1cn[nH]c1C. The van der Waals surface area contributed by atoms with Crippen LogP contribution in [0.25, 0.3) is 0 Å². The molecule has 20 heavy (non-hydrogen) atoms. The summed E-state index contributed by atoms with van der Waals surface area (Å²) in [6.07, 6.45) is 10.6. The fourth-order valence-electron chi connectivity index (χ4n) is 2.43. The highest BCUT2D eigenvalue weighted by Crippen LogP contribution is 2.19. The zero-order valence-corrected chi connectivity index (χ0v) is 12.5. The number of hydrogen-bond donors (Lipinski definition) is 3. The van der Waals surface area contributed by atoms with E-state index in [4.69, 9.17) is 0 Å². The maximum Gasteiger partial charge on any atom is 0.191 e. The highest BCUT2D eigenvalue weighted by atomic mass is 15.2. The molecule has 1 aromatic heterocycles. The average molecular weight is 275 g/mol. The molecule has 1 heterocycles. The molecule has 110 valence electrons. The van der Waals surface area contributed by atoms with Crippen molar-refractivity contribution in [1.82, 2.24) is 20.8 Å². The normalized spacial score (nSPS) is 15.9. The van der Waals surface area contributed by atoms with E-state index in [9.17, 15) is 0 Å². The minimum absolute atomic E-state index is 0.741. The van der Waals surface area contributed by atoms with Crippen molar-refractivity contribution in [2.24, 2.45) is 4.99 Å². The molecule has 1 aromatic rings. The van der Waals surface area contributed by atoms with Crippen molar-refractivity contribution in [2.45, 2.75) is 45.6 Å². The quantitative estimate of drug-likeness (QED) is 0.439. The largest absolute Gasteiger partial charge is 0.356 e. The standard InChI is InChI=1S/C15H25N5/c1-12-14(11-19-20-12)10-18-15(16-2)17-9-8-13-6-4-3-5-7-13/h6,11H,3-5,7-10H2,1-2H3,(H,19,20)(H2,16,17,18). The van der Waals surface area contributed by atoms with Crippen molar-refractivity contribution >= 4 is 5.96 Å². The van der Waals surface area contributed by atoms with Gasteiger partial charge in [-0.25, -0.2) is 0 Å². The Bertz CT molecular complexity index is 472. The lowest BCUT2D eigenvalue weighted by molar-refractivity contribution is 0.665. The van der Waals surface area contributed by atoms with Gasteiger partial charge in [0.1, 0.15) is 0 Å². The van der Waals surface area contributed by atoms with Gasteiger partial charge in [-0.1, -0.05) is 11.6 Å². The van der Waals surface area contributed by atoms with E-state index in [0.29, 0.717) is 0 Å². The van der Waals surface area contributed by atoms with Crippen LogP contribution >= 0.6 is 0 Å². The van der Waals surface area contributed by atoms with Gasteiger partial charge >= 0.3 is 0 Å². The molecule has 0 spiro atoms. The predicted molar refractivity (Wildman–Crippen MR) is 82.7 cm³/mol. The Balaban J connectivity index is 1.70. The lowest BCUT2D eigenvalue weighted by Crippen LogP contribution is -2.37. The smallest absolute Gasteiger partial charge is 0.191 e. The number of rotatable bonds is 5. The monoisotopic (exact) mass is 275 g/mol. The molecule has 1 aliphatic rings. The molecule has 0 amide bonds. The van der Waals surface area contributed by atoms with E-state index < -0.39 is 0 Å². The van der Waals surface area contributed by atoms with Crippen LogP contribution in [0.1, 0.15) is 43.4 Å². The second-order valence-corrected chi connectivity index (χ2v) is 5.23. The van der Waals surface area contributed by atoms with Crippen LogP contribution < -0.4 is 10.6 Å². The van der Waals surface area contributed by atoms with Gasteiger partial charge in [0.05, 0.1) is 6.20 Å². The summed E-state index contributed by atoms with van der Waals surface area (Å²) in [6.45, 7) is 3.70. The first-order valence-corrected chi connectivity index (χ1v) is 7.41. The summed E-state index contributed by atoms with van der Waals surface area (Å²) in [5.41, 5.74) is 3.85. The Morgan fingerprint density at radius 1 is 1.40 bits per heavy atom. The van der Waals surface area contributed by atoms with Crippen LogP contribution in [-0.2, 0) is 6.54 Å². The fraction of sp³-hybridized carbons (Fsp3) is 0.600. The molecule has 0 aliphatic heterocycles. The van der Waals surface area contributed by atoms with Crippen molar-refractivity contribution < 1.29 is 0 Å². The van der Waals surface area contributed by atoms with Gasteiger partial charge in [-0.3, -0.25) is 10.1 Å². The maximum absolute atomic E-state index is 4.24. The topological polar surface area (TPSA) is 65.1 Å². The summed E-state index contributed by atoms with van der Waals surface area (Å²) in [7, 11) is 1.80. The van der Waals surface area contributed by atoms with E-state index in [0.717, 1.165) is 31.2 Å². The molecule has 0 bridgehead atoms. The molecule has 5 nitrogen and oxygen atoms in total. The molecule has 3 N–H and O–H groups in total. The van der Waals surface area contributed by atoms with E-state index in [1.165, 1.54) is 31.2 Å². The van der Waals surface area contributed by atoms with Crippen LogP contribution in [0, 0.1) is 6.92 Å². The van der Waals surface area contributed by atoms with Crippen LogP contribution in [0.2, 0.25) is 0 Å². The van der Waals surface area contributed by atoms with Crippen molar-refractivity contribution in [1.29, 1.82) is 0 Å². The fourth-order valence-corrected chi connectivity index (χ4v) is 2.43. The molecular weight excluding hydrogens is 250 g/mol. The van der Waals surface area contributed by atoms with Crippen LogP contribution in [0.5, 0.6) is 0 Å². The minimum atomic E-state index is 0.741. The Kier molecular flexibility index (Phi) is 5.65. The second kappa shape index (κ2) is 7.72. The molecule has 1 aliphatic carbocycles. The van der Waals surface area contributed by atoms with Crippen molar-refractivity contribution in [2.75, 3.05) is 13.6 Å². The van der Waals surface area contributed by atoms with Crippen LogP contribution in [-0.4, -0.2) is 29.7 Å². The summed E-state index contributed by atoms with van der Waals surface area (Å²) in [4.78, 5) is 4.24. The minimum Gasteiger partial charge on any atom is -0.356 e. The van der Waals surface area contributed by atoms with E-state index in [-0.39, 0.29) is 0 Å². The number of nitrogens with one attached hydrogen (secondary N) is 3. The summed E-state index contributed by atoms with van der Waals surface area (Å²) in [5.74, 6) is 0.849. The zero-order chi connectivity index (χ0) is 14.2. The van der Waals surface area contributed by atoms with E-state index >= 15 is 0 Å². The molecule has 5 heteroatoms. The third kappa shape index (κ3) is 4.40. The molecule has 0 saturated heterocycles. The van der Waals surface area contributed by atoms with Gasteiger partial charge in [-0.15, -0.1) is 0 Å². The van der Waals surface area contributed by atoms with Crippen molar-refractivity contribution in [3.8, 4) is 0 Å². The summed E-state index contributed by atoms with van der Waals surface area (Å²) in [6, 6.07) is 0. The molecule has 0 radical (unpaired) electrons. The first kappa shape index (κ1) is 14.6. The Morgan fingerprint density at radius 2 is 2.30 bits per heavy atom. The van der Waals surface area contributed by atoms with E-state index in [2.05, 4.69) is 31.9 Å². The summed E-state index contributed by atoms with van der Waals surface area (Å²) >= 11 is 0. The van der Waals surface area contributed by atoms with Crippen molar-refractivity contribution in [3.05, 3.63) is 29.1 Å². The van der Waals surface area contributed by atoms with E-state index in [1.807, 2.05) is 13.1 Å². The number of hydrogen-bond acceptors (Lipinski definition) is 2. The van der Waals surface area contributed by atoms with Crippen LogP contribution in [0.4, 0.5) is 0 Å². The Labute approximate surface area is 121 Å². The molecule has 2 rings (SSSR count). The third-order valence-electron chi connectivity index (χ3n) is 3.73. The second-order valence-electron chi connectivity index (χ2n) is 5.23. The van der Waals surface area contributed by atoms with Gasteiger partial charge in [0, 0.05) is 31.4 Å². The molecule has 0 atom stereocenters. The van der Waals surface area contributed by atoms with Crippen LogP contribution in [0.15, 0.2) is 22.8 Å². The predicted octanol–water partition coefficient (Wildman–Crippen LogP) is 2.27. The Morgan fingerprint density at radius 3 is 2.95 bits per heavy atom. The highest BCUT2D eigenvalue weighted by molar-refractivity contribution is 5.79. The average Bonchev–Trinajstić information content (AvgIpc) is 2.89. The van der Waals surface area contributed by atoms with Gasteiger partial charge in [-0.05, 0) is 39.0 Å². The van der Waals surface area contributed by atoms with Crippen LogP contribution in [0.3, 0.4) is 0 Å². The number of allylic oxidation sites excluding steroid dienone is 1. The van der Waals surface area contributed by atoms with Gasteiger partial charge in [0.25, 0.3) is 0 Å². The number of aromatic amines is 1. The first-order chi connectivity index (χ1) is 9.79. The number of guanidine groups is 1. The zero-order valence-electron chi connectivity index (χ0n) is 12.5.